The van der Waals surface area contributed by atoms with E-state index in [2.05, 4.69) is 20.8 Å². The van der Waals surface area contributed by atoms with E-state index < -0.39 is 0 Å². The first-order chi connectivity index (χ1) is 7.03. The average molecular weight is 208 g/mol. The lowest BCUT2D eigenvalue weighted by Crippen LogP contribution is -2.09. The number of benzene rings is 1. The third-order valence-electron chi connectivity index (χ3n) is 3.17. The van der Waals surface area contributed by atoms with Crippen molar-refractivity contribution in [3.63, 3.8) is 0 Å². The summed E-state index contributed by atoms with van der Waals surface area (Å²) < 4.78 is 12.9. The van der Waals surface area contributed by atoms with Crippen LogP contribution in [0.25, 0.3) is 0 Å². The summed E-state index contributed by atoms with van der Waals surface area (Å²) in [6, 6.07) is 6.93. The summed E-state index contributed by atoms with van der Waals surface area (Å²) in [4.78, 5) is 0. The highest BCUT2D eigenvalue weighted by atomic mass is 19.1. The van der Waals surface area contributed by atoms with Crippen molar-refractivity contribution in [2.45, 2.75) is 46.5 Å². The van der Waals surface area contributed by atoms with E-state index >= 15 is 0 Å². The standard InChI is InChI=1S/C14H21F/c1-4-14(2,3)10-6-8-12-7-5-9-13(15)11-12/h5,7,9,11H,4,6,8,10H2,1-3H3. The predicted octanol–water partition coefficient (Wildman–Crippen LogP) is 4.58. The van der Waals surface area contributed by atoms with Crippen molar-refractivity contribution in [2.24, 2.45) is 5.41 Å². The third kappa shape index (κ3) is 4.46. The molecule has 0 atom stereocenters. The molecule has 1 aromatic rings. The molecule has 0 aliphatic rings. The fourth-order valence-electron chi connectivity index (χ4n) is 1.64. The van der Waals surface area contributed by atoms with Gasteiger partial charge >= 0.3 is 0 Å². The van der Waals surface area contributed by atoms with Crippen LogP contribution in [0.2, 0.25) is 0 Å². The maximum absolute atomic E-state index is 12.9. The zero-order valence-corrected chi connectivity index (χ0v) is 10.0. The SMILES string of the molecule is CCC(C)(C)CCCc1cccc(F)c1. The fourth-order valence-corrected chi connectivity index (χ4v) is 1.64. The van der Waals surface area contributed by atoms with Crippen LogP contribution in [-0.2, 0) is 6.42 Å². The molecule has 0 amide bonds. The maximum atomic E-state index is 12.9. The first-order valence-electron chi connectivity index (χ1n) is 5.78. The van der Waals surface area contributed by atoms with Crippen LogP contribution in [0.15, 0.2) is 24.3 Å². The van der Waals surface area contributed by atoms with Gasteiger partial charge < -0.3 is 0 Å². The van der Waals surface area contributed by atoms with E-state index in [0.29, 0.717) is 5.41 Å². The monoisotopic (exact) mass is 208 g/mol. The van der Waals surface area contributed by atoms with Gasteiger partial charge in [-0.2, -0.15) is 0 Å². The van der Waals surface area contributed by atoms with Crippen LogP contribution in [0.1, 0.15) is 45.6 Å². The van der Waals surface area contributed by atoms with Gasteiger partial charge in [0.25, 0.3) is 0 Å². The van der Waals surface area contributed by atoms with Gasteiger partial charge in [-0.25, -0.2) is 4.39 Å². The highest BCUT2D eigenvalue weighted by Gasteiger charge is 2.13. The molecule has 0 nitrogen and oxygen atoms in total. The second kappa shape index (κ2) is 5.29. The molecule has 0 fully saturated rings. The van der Waals surface area contributed by atoms with Crippen molar-refractivity contribution < 1.29 is 4.39 Å². The number of aryl methyl sites for hydroxylation is 1. The molecule has 0 aliphatic carbocycles. The van der Waals surface area contributed by atoms with Crippen molar-refractivity contribution in [2.75, 3.05) is 0 Å². The normalized spacial score (nSPS) is 11.7. The molecule has 0 radical (unpaired) electrons. The van der Waals surface area contributed by atoms with Crippen molar-refractivity contribution in [1.82, 2.24) is 0 Å². The molecular formula is C14H21F. The summed E-state index contributed by atoms with van der Waals surface area (Å²) in [6.45, 7) is 6.80. The van der Waals surface area contributed by atoms with Crippen molar-refractivity contribution >= 4 is 0 Å². The first-order valence-corrected chi connectivity index (χ1v) is 5.78. The van der Waals surface area contributed by atoms with Crippen molar-refractivity contribution in [3.8, 4) is 0 Å². The average Bonchev–Trinajstić information content (AvgIpc) is 2.18. The van der Waals surface area contributed by atoms with Gasteiger partial charge in [-0.15, -0.1) is 0 Å². The van der Waals surface area contributed by atoms with Gasteiger partial charge in [-0.3, -0.25) is 0 Å². The Balaban J connectivity index is 2.38. The molecule has 0 spiro atoms. The van der Waals surface area contributed by atoms with Gasteiger partial charge in [0.2, 0.25) is 0 Å². The van der Waals surface area contributed by atoms with Crippen LogP contribution < -0.4 is 0 Å². The van der Waals surface area contributed by atoms with E-state index in [9.17, 15) is 4.39 Å². The van der Waals surface area contributed by atoms with Gasteiger partial charge in [0.1, 0.15) is 5.82 Å². The molecule has 0 aliphatic heterocycles. The zero-order chi connectivity index (χ0) is 11.3. The first kappa shape index (κ1) is 12.2. The summed E-state index contributed by atoms with van der Waals surface area (Å²) in [5.41, 5.74) is 1.54. The lowest BCUT2D eigenvalue weighted by atomic mass is 9.84. The molecule has 0 bridgehead atoms. The molecule has 1 aromatic carbocycles. The Kier molecular flexibility index (Phi) is 4.31. The minimum absolute atomic E-state index is 0.123. The minimum Gasteiger partial charge on any atom is -0.207 e. The number of hydrogen-bond acceptors (Lipinski definition) is 0. The third-order valence-corrected chi connectivity index (χ3v) is 3.17. The van der Waals surface area contributed by atoms with E-state index in [4.69, 9.17) is 0 Å². The molecule has 0 saturated carbocycles. The van der Waals surface area contributed by atoms with E-state index in [-0.39, 0.29) is 5.82 Å². The Morgan fingerprint density at radius 3 is 2.60 bits per heavy atom. The highest BCUT2D eigenvalue weighted by Crippen LogP contribution is 2.26. The molecule has 1 rings (SSSR count). The number of halogens is 1. The molecule has 1 heteroatoms. The van der Waals surface area contributed by atoms with Crippen LogP contribution in [0.3, 0.4) is 0 Å². The minimum atomic E-state index is -0.123. The molecule has 0 N–H and O–H groups in total. The molecule has 15 heavy (non-hydrogen) atoms. The lowest BCUT2D eigenvalue weighted by Gasteiger charge is -2.22. The van der Waals surface area contributed by atoms with E-state index in [1.807, 2.05) is 6.07 Å². The summed E-state index contributed by atoms with van der Waals surface area (Å²) in [6.07, 6.45) is 4.54. The Bertz CT molecular complexity index is 302. The summed E-state index contributed by atoms with van der Waals surface area (Å²) in [7, 11) is 0. The van der Waals surface area contributed by atoms with Gasteiger partial charge in [0.05, 0.1) is 0 Å². The quantitative estimate of drug-likeness (QED) is 0.664. The Labute approximate surface area is 92.5 Å². The predicted molar refractivity (Wildman–Crippen MR) is 63.4 cm³/mol. The van der Waals surface area contributed by atoms with Crippen molar-refractivity contribution in [1.29, 1.82) is 0 Å². The summed E-state index contributed by atoms with van der Waals surface area (Å²) in [5.74, 6) is -0.123. The van der Waals surface area contributed by atoms with Crippen molar-refractivity contribution in [3.05, 3.63) is 35.6 Å². The van der Waals surface area contributed by atoms with Crippen LogP contribution >= 0.6 is 0 Å². The van der Waals surface area contributed by atoms with Gasteiger partial charge in [-0.05, 0) is 42.4 Å². The van der Waals surface area contributed by atoms with E-state index in [1.165, 1.54) is 18.9 Å². The van der Waals surface area contributed by atoms with Gasteiger partial charge in [-0.1, -0.05) is 39.3 Å². The largest absolute Gasteiger partial charge is 0.207 e. The lowest BCUT2D eigenvalue weighted by molar-refractivity contribution is 0.313. The Morgan fingerprint density at radius 1 is 1.27 bits per heavy atom. The fraction of sp³-hybridized carbons (Fsp3) is 0.571. The zero-order valence-electron chi connectivity index (χ0n) is 10.0. The molecular weight excluding hydrogens is 187 g/mol. The van der Waals surface area contributed by atoms with E-state index in [1.54, 1.807) is 12.1 Å². The second-order valence-corrected chi connectivity index (χ2v) is 5.00. The molecule has 0 unspecified atom stereocenters. The second-order valence-electron chi connectivity index (χ2n) is 5.00. The summed E-state index contributed by atoms with van der Waals surface area (Å²) >= 11 is 0. The summed E-state index contributed by atoms with van der Waals surface area (Å²) in [5, 5.41) is 0. The smallest absolute Gasteiger partial charge is 0.123 e. The van der Waals surface area contributed by atoms with Gasteiger partial charge in [0.15, 0.2) is 0 Å². The number of hydrogen-bond donors (Lipinski definition) is 0. The van der Waals surface area contributed by atoms with Crippen LogP contribution in [0, 0.1) is 11.2 Å². The molecule has 0 aromatic heterocycles. The molecule has 0 heterocycles. The van der Waals surface area contributed by atoms with Crippen LogP contribution in [0.5, 0.6) is 0 Å². The molecule has 0 saturated heterocycles. The van der Waals surface area contributed by atoms with Gasteiger partial charge in [0, 0.05) is 0 Å². The van der Waals surface area contributed by atoms with E-state index in [0.717, 1.165) is 18.4 Å². The van der Waals surface area contributed by atoms with Crippen LogP contribution in [0.4, 0.5) is 4.39 Å². The Hall–Kier alpha value is -0.850. The maximum Gasteiger partial charge on any atom is 0.123 e. The molecule has 84 valence electrons. The topological polar surface area (TPSA) is 0 Å². The number of rotatable bonds is 5. The Morgan fingerprint density at radius 2 is 2.00 bits per heavy atom. The highest BCUT2D eigenvalue weighted by molar-refractivity contribution is 5.16. The van der Waals surface area contributed by atoms with Crippen LogP contribution in [-0.4, -0.2) is 0 Å².